The highest BCUT2D eigenvalue weighted by atomic mass is 35.5. The van der Waals surface area contributed by atoms with Gasteiger partial charge < -0.3 is 0 Å². The molecule has 2 aromatic heterocycles. The molecule has 0 bridgehead atoms. The third kappa shape index (κ3) is 0.968. The van der Waals surface area contributed by atoms with E-state index in [2.05, 4.69) is 15.2 Å². The van der Waals surface area contributed by atoms with Crippen molar-refractivity contribution in [1.29, 1.82) is 0 Å². The molecule has 0 aliphatic heterocycles. The second-order valence-electron chi connectivity index (χ2n) is 2.03. The number of pyridine rings is 1. The molecule has 2 heterocycles. The van der Waals surface area contributed by atoms with Crippen molar-refractivity contribution in [3.05, 3.63) is 22.6 Å². The van der Waals surface area contributed by atoms with Gasteiger partial charge in [0.2, 0.25) is 0 Å². The van der Waals surface area contributed by atoms with Gasteiger partial charge in [-0.3, -0.25) is 5.10 Å². The van der Waals surface area contributed by atoms with E-state index in [4.69, 9.17) is 23.2 Å². The predicted octanol–water partition coefficient (Wildman–Crippen LogP) is 2.26. The first-order valence-electron chi connectivity index (χ1n) is 2.93. The molecule has 0 aliphatic rings. The first-order valence-corrected chi connectivity index (χ1v) is 3.68. The number of aromatic amines is 1. The van der Waals surface area contributed by atoms with E-state index in [0.717, 1.165) is 5.52 Å². The molecule has 1 N–H and O–H groups in total. The van der Waals surface area contributed by atoms with Crippen LogP contribution in [0.3, 0.4) is 0 Å². The summed E-state index contributed by atoms with van der Waals surface area (Å²) in [6.07, 6.45) is 1.59. The minimum absolute atomic E-state index is 0.376. The van der Waals surface area contributed by atoms with Crippen molar-refractivity contribution in [3.8, 4) is 0 Å². The van der Waals surface area contributed by atoms with Gasteiger partial charge in [0.05, 0.1) is 10.9 Å². The van der Waals surface area contributed by atoms with Crippen molar-refractivity contribution in [2.24, 2.45) is 0 Å². The molecule has 11 heavy (non-hydrogen) atoms. The Bertz CT molecular complexity index is 396. The van der Waals surface area contributed by atoms with Gasteiger partial charge in [-0.05, 0) is 6.07 Å². The maximum atomic E-state index is 5.75. The lowest BCUT2D eigenvalue weighted by atomic mass is 10.3. The third-order valence-corrected chi connectivity index (χ3v) is 1.94. The molecule has 0 atom stereocenters. The summed E-state index contributed by atoms with van der Waals surface area (Å²) in [6.45, 7) is 0. The van der Waals surface area contributed by atoms with Crippen LogP contribution in [0.1, 0.15) is 0 Å². The Hall–Kier alpha value is -0.800. The van der Waals surface area contributed by atoms with Gasteiger partial charge in [0.15, 0.2) is 0 Å². The Balaban J connectivity index is 2.96. The van der Waals surface area contributed by atoms with Gasteiger partial charge in [-0.25, -0.2) is 4.98 Å². The molecule has 0 radical (unpaired) electrons. The van der Waals surface area contributed by atoms with Gasteiger partial charge in [-0.1, -0.05) is 23.2 Å². The Morgan fingerprint density at radius 2 is 2.18 bits per heavy atom. The Labute approximate surface area is 72.3 Å². The molecule has 0 fully saturated rings. The van der Waals surface area contributed by atoms with Crippen LogP contribution in [-0.4, -0.2) is 15.2 Å². The maximum absolute atomic E-state index is 5.75. The molecule has 0 amide bonds. The molecule has 0 saturated heterocycles. The van der Waals surface area contributed by atoms with E-state index >= 15 is 0 Å². The van der Waals surface area contributed by atoms with Crippen LogP contribution < -0.4 is 0 Å². The fourth-order valence-corrected chi connectivity index (χ4v) is 1.41. The zero-order valence-electron chi connectivity index (χ0n) is 5.31. The maximum Gasteiger partial charge on any atom is 0.141 e. The SMILES string of the molecule is Clc1nccc2n[nH]c(Cl)c12. The van der Waals surface area contributed by atoms with Crippen LogP contribution in [-0.2, 0) is 0 Å². The lowest BCUT2D eigenvalue weighted by Gasteiger charge is -1.89. The number of rotatable bonds is 0. The van der Waals surface area contributed by atoms with Gasteiger partial charge in [0.25, 0.3) is 0 Å². The molecule has 2 aromatic rings. The standard InChI is InChI=1S/C6H3Cl2N3/c7-5-4-3(1-2-9-5)10-11-6(4)8/h1-2H,(H,10,11). The Morgan fingerprint density at radius 1 is 1.36 bits per heavy atom. The van der Waals surface area contributed by atoms with Gasteiger partial charge in [-0.2, -0.15) is 5.10 Å². The number of fused-ring (bicyclic) bond motifs is 1. The lowest BCUT2D eigenvalue weighted by Crippen LogP contribution is -1.74. The summed E-state index contributed by atoms with van der Waals surface area (Å²) in [4.78, 5) is 3.86. The van der Waals surface area contributed by atoms with E-state index in [9.17, 15) is 0 Å². The molecule has 2 rings (SSSR count). The average molecular weight is 188 g/mol. The molecule has 0 spiro atoms. The highest BCUT2D eigenvalue weighted by molar-refractivity contribution is 6.40. The number of H-pyrrole nitrogens is 1. The van der Waals surface area contributed by atoms with E-state index in [-0.39, 0.29) is 0 Å². The second-order valence-corrected chi connectivity index (χ2v) is 2.77. The van der Waals surface area contributed by atoms with Gasteiger partial charge >= 0.3 is 0 Å². The molecule has 5 heteroatoms. The number of hydrogen-bond donors (Lipinski definition) is 1. The quantitative estimate of drug-likeness (QED) is 0.644. The first kappa shape index (κ1) is 6.88. The Kier molecular flexibility index (Phi) is 1.47. The van der Waals surface area contributed by atoms with Gasteiger partial charge in [-0.15, -0.1) is 0 Å². The topological polar surface area (TPSA) is 41.6 Å². The Morgan fingerprint density at radius 3 is 2.91 bits per heavy atom. The number of nitrogens with one attached hydrogen (secondary N) is 1. The summed E-state index contributed by atoms with van der Waals surface area (Å²) in [5.74, 6) is 0. The molecule has 0 aliphatic carbocycles. The van der Waals surface area contributed by atoms with Crippen LogP contribution in [0.15, 0.2) is 12.3 Å². The highest BCUT2D eigenvalue weighted by Gasteiger charge is 2.06. The van der Waals surface area contributed by atoms with E-state index < -0.39 is 0 Å². The minimum atomic E-state index is 0.376. The van der Waals surface area contributed by atoms with Crippen LogP contribution in [0.2, 0.25) is 10.3 Å². The van der Waals surface area contributed by atoms with Crippen LogP contribution in [0.4, 0.5) is 0 Å². The van der Waals surface area contributed by atoms with Crippen LogP contribution >= 0.6 is 23.2 Å². The fraction of sp³-hybridized carbons (Fsp3) is 0. The van der Waals surface area contributed by atoms with Crippen LogP contribution in [0.25, 0.3) is 10.9 Å². The smallest absolute Gasteiger partial charge is 0.141 e. The average Bonchev–Trinajstić information content (AvgIpc) is 2.34. The first-order chi connectivity index (χ1) is 5.29. The molecule has 0 unspecified atom stereocenters. The van der Waals surface area contributed by atoms with Crippen molar-refractivity contribution < 1.29 is 0 Å². The molecule has 3 nitrogen and oxygen atoms in total. The van der Waals surface area contributed by atoms with E-state index in [1.807, 2.05) is 0 Å². The number of halogens is 2. The largest absolute Gasteiger partial charge is 0.266 e. The summed E-state index contributed by atoms with van der Waals surface area (Å²) in [5, 5.41) is 7.99. The van der Waals surface area contributed by atoms with Crippen molar-refractivity contribution in [1.82, 2.24) is 15.2 Å². The summed E-state index contributed by atoms with van der Waals surface area (Å²) >= 11 is 11.5. The second kappa shape index (κ2) is 2.36. The van der Waals surface area contributed by atoms with Crippen molar-refractivity contribution >= 4 is 34.1 Å². The van der Waals surface area contributed by atoms with Gasteiger partial charge in [0.1, 0.15) is 10.3 Å². The fourth-order valence-electron chi connectivity index (χ4n) is 0.888. The van der Waals surface area contributed by atoms with Crippen LogP contribution in [0.5, 0.6) is 0 Å². The van der Waals surface area contributed by atoms with E-state index in [1.165, 1.54) is 0 Å². The molecule has 0 saturated carbocycles. The lowest BCUT2D eigenvalue weighted by molar-refractivity contribution is 1.12. The van der Waals surface area contributed by atoms with E-state index in [0.29, 0.717) is 15.7 Å². The molecular weight excluding hydrogens is 185 g/mol. The number of hydrogen-bond acceptors (Lipinski definition) is 2. The summed E-state index contributed by atoms with van der Waals surface area (Å²) in [5.41, 5.74) is 0.731. The normalized spacial score (nSPS) is 10.7. The van der Waals surface area contributed by atoms with E-state index in [1.54, 1.807) is 12.3 Å². The zero-order valence-corrected chi connectivity index (χ0v) is 6.82. The zero-order chi connectivity index (χ0) is 7.84. The molecular formula is C6H3Cl2N3. The highest BCUT2D eigenvalue weighted by Crippen LogP contribution is 2.25. The summed E-state index contributed by atoms with van der Waals surface area (Å²) < 4.78 is 0. The molecule has 0 aromatic carbocycles. The number of nitrogens with zero attached hydrogens (tertiary/aromatic N) is 2. The summed E-state index contributed by atoms with van der Waals surface area (Å²) in [6, 6.07) is 1.74. The van der Waals surface area contributed by atoms with Crippen LogP contribution in [0, 0.1) is 0 Å². The van der Waals surface area contributed by atoms with Crippen molar-refractivity contribution in [2.45, 2.75) is 0 Å². The van der Waals surface area contributed by atoms with Gasteiger partial charge in [0, 0.05) is 6.20 Å². The monoisotopic (exact) mass is 187 g/mol. The minimum Gasteiger partial charge on any atom is -0.266 e. The van der Waals surface area contributed by atoms with Crippen molar-refractivity contribution in [2.75, 3.05) is 0 Å². The molecule has 56 valence electrons. The third-order valence-electron chi connectivity index (χ3n) is 1.38. The van der Waals surface area contributed by atoms with Crippen molar-refractivity contribution in [3.63, 3.8) is 0 Å². The summed E-state index contributed by atoms with van der Waals surface area (Å²) in [7, 11) is 0. The predicted molar refractivity (Wildman–Crippen MR) is 43.9 cm³/mol. The number of aromatic nitrogens is 3.